The molecule has 4 heteroatoms. The predicted octanol–water partition coefficient (Wildman–Crippen LogP) is 1.98. The highest BCUT2D eigenvalue weighted by molar-refractivity contribution is 5.70. The fraction of sp³-hybridized carbons (Fsp3) is 0.769. The van der Waals surface area contributed by atoms with Gasteiger partial charge in [-0.1, -0.05) is 6.08 Å². The fourth-order valence-electron chi connectivity index (χ4n) is 2.14. The van der Waals surface area contributed by atoms with Gasteiger partial charge in [-0.05, 0) is 38.5 Å². The Morgan fingerprint density at radius 3 is 2.65 bits per heavy atom. The second-order valence-corrected chi connectivity index (χ2v) is 4.82. The Balaban J connectivity index is 2.20. The number of hydrogen-bond donors (Lipinski definition) is 2. The molecule has 0 bridgehead atoms. The third-order valence-corrected chi connectivity index (χ3v) is 3.33. The highest BCUT2D eigenvalue weighted by atomic mass is 16.5. The number of carboxylic acid groups (broad SMARTS) is 1. The summed E-state index contributed by atoms with van der Waals surface area (Å²) in [5.74, 6) is -1.05. The molecule has 0 aliphatic heterocycles. The van der Waals surface area contributed by atoms with Crippen LogP contribution in [0.5, 0.6) is 0 Å². The quantitative estimate of drug-likeness (QED) is 0.529. The van der Waals surface area contributed by atoms with Crippen LogP contribution in [-0.4, -0.2) is 35.0 Å². The van der Waals surface area contributed by atoms with Crippen molar-refractivity contribution in [3.63, 3.8) is 0 Å². The zero-order valence-electron chi connectivity index (χ0n) is 10.2. The summed E-state index contributed by atoms with van der Waals surface area (Å²) < 4.78 is 5.43. The lowest BCUT2D eigenvalue weighted by molar-refractivity contribution is -0.146. The molecule has 1 aliphatic carbocycles. The Morgan fingerprint density at radius 1 is 1.47 bits per heavy atom. The van der Waals surface area contributed by atoms with Crippen molar-refractivity contribution in [3.05, 3.63) is 12.7 Å². The zero-order chi connectivity index (χ0) is 12.7. The summed E-state index contributed by atoms with van der Waals surface area (Å²) in [4.78, 5) is 10.8. The van der Waals surface area contributed by atoms with Gasteiger partial charge in [0.25, 0.3) is 0 Å². The summed E-state index contributed by atoms with van der Waals surface area (Å²) in [6, 6.07) is 0. The van der Waals surface area contributed by atoms with E-state index in [-0.39, 0.29) is 5.92 Å². The van der Waals surface area contributed by atoms with Crippen LogP contribution < -0.4 is 0 Å². The van der Waals surface area contributed by atoms with E-state index in [9.17, 15) is 9.90 Å². The number of carbonyl (C=O) groups is 1. The Bertz CT molecular complexity index is 254. The summed E-state index contributed by atoms with van der Waals surface area (Å²) in [5.41, 5.74) is -0.819. The van der Waals surface area contributed by atoms with Crippen molar-refractivity contribution < 1.29 is 19.7 Å². The van der Waals surface area contributed by atoms with Gasteiger partial charge in [-0.25, -0.2) is 0 Å². The molecule has 4 nitrogen and oxygen atoms in total. The minimum absolute atomic E-state index is 0.295. The van der Waals surface area contributed by atoms with E-state index in [2.05, 4.69) is 6.58 Å². The van der Waals surface area contributed by atoms with Gasteiger partial charge < -0.3 is 14.9 Å². The highest BCUT2D eigenvalue weighted by Crippen LogP contribution is 2.32. The van der Waals surface area contributed by atoms with E-state index < -0.39 is 11.6 Å². The molecular weight excluding hydrogens is 220 g/mol. The molecule has 0 amide bonds. The van der Waals surface area contributed by atoms with Crippen LogP contribution >= 0.6 is 0 Å². The Hall–Kier alpha value is -0.870. The summed E-state index contributed by atoms with van der Waals surface area (Å²) in [5, 5.41) is 19.0. The average molecular weight is 242 g/mol. The van der Waals surface area contributed by atoms with Crippen molar-refractivity contribution >= 4 is 5.97 Å². The Labute approximate surface area is 102 Å². The molecule has 0 saturated heterocycles. The standard InChI is InChI=1S/C13H22O4/c1-2-3-4-9-17-10-13(16)7-5-11(6-8-13)12(14)15/h2,11,16H,1,3-10H2,(H,14,15). The number of hydrogen-bond acceptors (Lipinski definition) is 3. The fourth-order valence-corrected chi connectivity index (χ4v) is 2.14. The van der Waals surface area contributed by atoms with Gasteiger partial charge in [-0.2, -0.15) is 0 Å². The van der Waals surface area contributed by atoms with Crippen molar-refractivity contribution in [2.24, 2.45) is 5.92 Å². The lowest BCUT2D eigenvalue weighted by Gasteiger charge is -2.34. The Kier molecular flexibility index (Phi) is 5.65. The SMILES string of the molecule is C=CCCCOCC1(O)CCC(C(=O)O)CC1. The number of allylic oxidation sites excluding steroid dienone is 1. The number of aliphatic carboxylic acids is 1. The van der Waals surface area contributed by atoms with Crippen molar-refractivity contribution in [2.45, 2.75) is 44.1 Å². The molecule has 2 N–H and O–H groups in total. The normalized spacial score (nSPS) is 28.9. The topological polar surface area (TPSA) is 66.8 Å². The van der Waals surface area contributed by atoms with E-state index in [0.29, 0.717) is 38.9 Å². The molecule has 0 aromatic rings. The summed E-state index contributed by atoms with van der Waals surface area (Å²) in [6.45, 7) is 4.56. The van der Waals surface area contributed by atoms with Crippen LogP contribution in [-0.2, 0) is 9.53 Å². The van der Waals surface area contributed by atoms with Crippen LogP contribution in [0.1, 0.15) is 38.5 Å². The van der Waals surface area contributed by atoms with Gasteiger partial charge in [0.05, 0.1) is 18.1 Å². The molecule has 0 heterocycles. The van der Waals surface area contributed by atoms with Crippen molar-refractivity contribution in [3.8, 4) is 0 Å². The third-order valence-electron chi connectivity index (χ3n) is 3.33. The Morgan fingerprint density at radius 2 is 2.12 bits per heavy atom. The number of ether oxygens (including phenoxy) is 1. The molecule has 1 rings (SSSR count). The van der Waals surface area contributed by atoms with Gasteiger partial charge in [-0.15, -0.1) is 6.58 Å². The van der Waals surface area contributed by atoms with Crippen LogP contribution in [0, 0.1) is 5.92 Å². The van der Waals surface area contributed by atoms with Crippen LogP contribution in [0.3, 0.4) is 0 Å². The maximum atomic E-state index is 10.8. The van der Waals surface area contributed by atoms with Gasteiger partial charge in [0.2, 0.25) is 0 Å². The smallest absolute Gasteiger partial charge is 0.306 e. The maximum Gasteiger partial charge on any atom is 0.306 e. The third kappa shape index (κ3) is 4.88. The average Bonchev–Trinajstić information content (AvgIpc) is 2.29. The van der Waals surface area contributed by atoms with Crippen LogP contribution in [0.15, 0.2) is 12.7 Å². The monoisotopic (exact) mass is 242 g/mol. The van der Waals surface area contributed by atoms with Gasteiger partial charge in [0.15, 0.2) is 0 Å². The molecule has 98 valence electrons. The zero-order valence-corrected chi connectivity index (χ0v) is 10.2. The molecule has 0 aromatic heterocycles. The van der Waals surface area contributed by atoms with Crippen LogP contribution in [0.4, 0.5) is 0 Å². The molecule has 0 radical (unpaired) electrons. The lowest BCUT2D eigenvalue weighted by atomic mass is 9.79. The number of rotatable bonds is 7. The van der Waals surface area contributed by atoms with E-state index in [1.807, 2.05) is 6.08 Å². The molecule has 0 unspecified atom stereocenters. The van der Waals surface area contributed by atoms with Gasteiger partial charge in [0, 0.05) is 6.61 Å². The van der Waals surface area contributed by atoms with Gasteiger partial charge in [-0.3, -0.25) is 4.79 Å². The molecule has 0 atom stereocenters. The van der Waals surface area contributed by atoms with E-state index in [1.54, 1.807) is 0 Å². The van der Waals surface area contributed by atoms with E-state index >= 15 is 0 Å². The molecule has 1 fully saturated rings. The highest BCUT2D eigenvalue weighted by Gasteiger charge is 2.35. The first-order chi connectivity index (χ1) is 8.07. The summed E-state index contributed by atoms with van der Waals surface area (Å²) in [6.07, 6.45) is 5.80. The second kappa shape index (κ2) is 6.77. The number of carboxylic acids is 1. The molecule has 0 aromatic carbocycles. The minimum Gasteiger partial charge on any atom is -0.481 e. The molecule has 1 saturated carbocycles. The van der Waals surface area contributed by atoms with Gasteiger partial charge >= 0.3 is 5.97 Å². The van der Waals surface area contributed by atoms with Crippen molar-refractivity contribution in [2.75, 3.05) is 13.2 Å². The summed E-state index contributed by atoms with van der Waals surface area (Å²) >= 11 is 0. The molecular formula is C13H22O4. The van der Waals surface area contributed by atoms with E-state index in [0.717, 1.165) is 12.8 Å². The lowest BCUT2D eigenvalue weighted by Crippen LogP contribution is -2.40. The van der Waals surface area contributed by atoms with Crippen LogP contribution in [0.25, 0.3) is 0 Å². The van der Waals surface area contributed by atoms with Crippen molar-refractivity contribution in [1.29, 1.82) is 0 Å². The van der Waals surface area contributed by atoms with Crippen molar-refractivity contribution in [1.82, 2.24) is 0 Å². The predicted molar refractivity (Wildman–Crippen MR) is 64.8 cm³/mol. The first-order valence-electron chi connectivity index (χ1n) is 6.21. The first-order valence-corrected chi connectivity index (χ1v) is 6.21. The van der Waals surface area contributed by atoms with E-state index in [4.69, 9.17) is 9.84 Å². The molecule has 17 heavy (non-hydrogen) atoms. The van der Waals surface area contributed by atoms with Gasteiger partial charge in [0.1, 0.15) is 0 Å². The number of aliphatic hydroxyl groups is 1. The minimum atomic E-state index is -0.819. The molecule has 0 spiro atoms. The second-order valence-electron chi connectivity index (χ2n) is 4.82. The largest absolute Gasteiger partial charge is 0.481 e. The first kappa shape index (κ1) is 14.2. The maximum absolute atomic E-state index is 10.8. The number of unbranched alkanes of at least 4 members (excludes halogenated alkanes) is 1. The van der Waals surface area contributed by atoms with Crippen LogP contribution in [0.2, 0.25) is 0 Å². The van der Waals surface area contributed by atoms with E-state index in [1.165, 1.54) is 0 Å². The summed E-state index contributed by atoms with van der Waals surface area (Å²) in [7, 11) is 0. The molecule has 1 aliphatic rings.